The highest BCUT2D eigenvalue weighted by molar-refractivity contribution is 9.10. The van der Waals surface area contributed by atoms with Crippen LogP contribution in [-0.2, 0) is 20.7 Å². The van der Waals surface area contributed by atoms with Crippen LogP contribution in [0.25, 0.3) is 0 Å². The topological polar surface area (TPSA) is 81.4 Å². The second-order valence-corrected chi connectivity index (χ2v) is 5.77. The van der Waals surface area contributed by atoms with Gasteiger partial charge in [0.25, 0.3) is 0 Å². The Kier molecular flexibility index (Phi) is 5.14. The molecule has 0 aliphatic carbocycles. The van der Waals surface area contributed by atoms with Gasteiger partial charge >= 0.3 is 0 Å². The summed E-state index contributed by atoms with van der Waals surface area (Å²) in [6, 6.07) is 6.87. The number of rotatable bonds is 5. The number of carbonyl (C=O) groups is 2. The molecule has 1 fully saturated rings. The number of primary amides is 1. The van der Waals surface area contributed by atoms with Crippen LogP contribution in [0.15, 0.2) is 28.7 Å². The summed E-state index contributed by atoms with van der Waals surface area (Å²) in [4.78, 5) is 23.5. The lowest BCUT2D eigenvalue weighted by Gasteiger charge is -2.17. The van der Waals surface area contributed by atoms with Gasteiger partial charge in [-0.25, -0.2) is 0 Å². The maximum Gasteiger partial charge on any atom is 0.240 e. The molecular weight excluding hydrogens is 324 g/mol. The third-order valence-corrected chi connectivity index (χ3v) is 3.84. The number of hydrogen-bond acceptors (Lipinski definition) is 3. The lowest BCUT2D eigenvalue weighted by molar-refractivity contribution is -0.129. The molecule has 6 heteroatoms. The van der Waals surface area contributed by atoms with Crippen LogP contribution < -0.4 is 11.1 Å². The molecule has 0 aromatic heterocycles. The van der Waals surface area contributed by atoms with E-state index in [1.165, 1.54) is 0 Å². The van der Waals surface area contributed by atoms with Gasteiger partial charge in [-0.05, 0) is 24.1 Å². The van der Waals surface area contributed by atoms with Crippen LogP contribution in [0.4, 0.5) is 0 Å². The van der Waals surface area contributed by atoms with E-state index in [9.17, 15) is 9.59 Å². The van der Waals surface area contributed by atoms with Gasteiger partial charge in [0.1, 0.15) is 6.04 Å². The van der Waals surface area contributed by atoms with Crippen LogP contribution in [0.1, 0.15) is 12.0 Å². The molecular formula is C14H17BrN2O3. The first-order chi connectivity index (χ1) is 9.56. The largest absolute Gasteiger partial charge is 0.381 e. The van der Waals surface area contributed by atoms with Gasteiger partial charge in [-0.1, -0.05) is 28.1 Å². The van der Waals surface area contributed by atoms with Crippen LogP contribution >= 0.6 is 15.9 Å². The van der Waals surface area contributed by atoms with Gasteiger partial charge in [0.05, 0.1) is 12.5 Å². The summed E-state index contributed by atoms with van der Waals surface area (Å²) >= 11 is 3.35. The quantitative estimate of drug-likeness (QED) is 0.838. The van der Waals surface area contributed by atoms with Crippen molar-refractivity contribution in [2.24, 2.45) is 11.7 Å². The molecule has 0 saturated carbocycles. The molecule has 1 aromatic carbocycles. The molecule has 1 aliphatic rings. The molecule has 1 aliphatic heterocycles. The Bertz CT molecular complexity index is 484. The maximum atomic E-state index is 12.0. The van der Waals surface area contributed by atoms with E-state index in [-0.39, 0.29) is 11.8 Å². The van der Waals surface area contributed by atoms with Crippen LogP contribution in [0, 0.1) is 5.92 Å². The smallest absolute Gasteiger partial charge is 0.240 e. The average molecular weight is 341 g/mol. The summed E-state index contributed by atoms with van der Waals surface area (Å²) in [6.07, 6.45) is 1.08. The summed E-state index contributed by atoms with van der Waals surface area (Å²) in [7, 11) is 0. The minimum Gasteiger partial charge on any atom is -0.381 e. The molecule has 1 heterocycles. The van der Waals surface area contributed by atoms with E-state index >= 15 is 0 Å². The number of ether oxygens (including phenoxy) is 1. The number of benzene rings is 1. The van der Waals surface area contributed by atoms with Gasteiger partial charge in [-0.2, -0.15) is 0 Å². The minimum absolute atomic E-state index is 0.164. The Balaban J connectivity index is 1.98. The van der Waals surface area contributed by atoms with Crippen LogP contribution in [0.2, 0.25) is 0 Å². The molecule has 3 N–H and O–H groups in total. The molecule has 0 bridgehead atoms. The Hall–Kier alpha value is -1.40. The second kappa shape index (κ2) is 6.85. The number of halogens is 1. The van der Waals surface area contributed by atoms with Crippen molar-refractivity contribution in [1.29, 1.82) is 0 Å². The molecule has 0 spiro atoms. The van der Waals surface area contributed by atoms with Crippen molar-refractivity contribution in [1.82, 2.24) is 5.32 Å². The number of amides is 2. The van der Waals surface area contributed by atoms with Gasteiger partial charge in [-0.15, -0.1) is 0 Å². The first-order valence-electron chi connectivity index (χ1n) is 6.48. The molecule has 1 aromatic rings. The highest BCUT2D eigenvalue weighted by atomic mass is 79.9. The average Bonchev–Trinajstić information content (AvgIpc) is 2.94. The van der Waals surface area contributed by atoms with Crippen molar-refractivity contribution in [2.75, 3.05) is 13.2 Å². The molecule has 2 atom stereocenters. The van der Waals surface area contributed by atoms with Crippen LogP contribution in [0.5, 0.6) is 0 Å². The van der Waals surface area contributed by atoms with E-state index < -0.39 is 11.9 Å². The Labute approximate surface area is 126 Å². The molecule has 108 valence electrons. The van der Waals surface area contributed by atoms with E-state index in [2.05, 4.69) is 21.2 Å². The zero-order valence-electron chi connectivity index (χ0n) is 11.0. The predicted molar refractivity (Wildman–Crippen MR) is 77.9 cm³/mol. The summed E-state index contributed by atoms with van der Waals surface area (Å²) < 4.78 is 6.13. The number of nitrogens with one attached hydrogen (secondary N) is 1. The summed E-state index contributed by atoms with van der Waals surface area (Å²) in [5, 5.41) is 2.72. The zero-order chi connectivity index (χ0) is 14.5. The third kappa shape index (κ3) is 4.05. The number of nitrogens with two attached hydrogens (primary N) is 1. The number of carbonyl (C=O) groups excluding carboxylic acids is 2. The minimum atomic E-state index is -0.690. The second-order valence-electron chi connectivity index (χ2n) is 4.85. The maximum absolute atomic E-state index is 12.0. The lowest BCUT2D eigenvalue weighted by atomic mass is 10.0. The molecule has 0 unspecified atom stereocenters. The van der Waals surface area contributed by atoms with Gasteiger partial charge in [0.15, 0.2) is 0 Å². The highest BCUT2D eigenvalue weighted by Gasteiger charge is 2.27. The Morgan fingerprint density at radius 2 is 2.10 bits per heavy atom. The first-order valence-corrected chi connectivity index (χ1v) is 7.27. The fourth-order valence-corrected chi connectivity index (χ4v) is 2.37. The molecule has 5 nitrogen and oxygen atoms in total. The molecule has 1 saturated heterocycles. The van der Waals surface area contributed by atoms with E-state index in [4.69, 9.17) is 10.5 Å². The van der Waals surface area contributed by atoms with E-state index in [0.29, 0.717) is 26.1 Å². The fourth-order valence-electron chi connectivity index (χ4n) is 2.11. The summed E-state index contributed by atoms with van der Waals surface area (Å²) in [5.41, 5.74) is 6.31. The lowest BCUT2D eigenvalue weighted by Crippen LogP contribution is -2.48. The number of hydrogen-bond donors (Lipinski definition) is 2. The third-order valence-electron chi connectivity index (χ3n) is 3.31. The summed E-state index contributed by atoms with van der Waals surface area (Å²) in [5.74, 6) is -0.870. The SMILES string of the molecule is NC(=O)[C@H](Cc1ccc(Br)cc1)NC(=O)[C@H]1CCOC1. The van der Waals surface area contributed by atoms with Crippen molar-refractivity contribution < 1.29 is 14.3 Å². The normalized spacial score (nSPS) is 19.6. The molecule has 2 amide bonds. The van der Waals surface area contributed by atoms with E-state index in [1.54, 1.807) is 0 Å². The summed E-state index contributed by atoms with van der Waals surface area (Å²) in [6.45, 7) is 1.00. The molecule has 20 heavy (non-hydrogen) atoms. The van der Waals surface area contributed by atoms with Crippen molar-refractivity contribution in [2.45, 2.75) is 18.9 Å². The van der Waals surface area contributed by atoms with Gasteiger partial charge in [0, 0.05) is 17.5 Å². The highest BCUT2D eigenvalue weighted by Crippen LogP contribution is 2.14. The molecule has 0 radical (unpaired) electrons. The van der Waals surface area contributed by atoms with Crippen molar-refractivity contribution >= 4 is 27.7 Å². The first kappa shape index (κ1) is 15.0. The monoisotopic (exact) mass is 340 g/mol. The van der Waals surface area contributed by atoms with Crippen molar-refractivity contribution in [3.8, 4) is 0 Å². The fraction of sp³-hybridized carbons (Fsp3) is 0.429. The predicted octanol–water partition coefficient (Wildman–Crippen LogP) is 0.998. The molecule has 2 rings (SSSR count). The van der Waals surface area contributed by atoms with Crippen LogP contribution in [0.3, 0.4) is 0 Å². The standard InChI is InChI=1S/C14H17BrN2O3/c15-11-3-1-9(2-4-11)7-12(13(16)18)17-14(19)10-5-6-20-8-10/h1-4,10,12H,5-8H2,(H2,16,18)(H,17,19)/t10-,12-/m0/s1. The van der Waals surface area contributed by atoms with Crippen molar-refractivity contribution in [3.63, 3.8) is 0 Å². The Morgan fingerprint density at radius 1 is 1.40 bits per heavy atom. The van der Waals surface area contributed by atoms with E-state index in [1.807, 2.05) is 24.3 Å². The van der Waals surface area contributed by atoms with Crippen LogP contribution in [-0.4, -0.2) is 31.1 Å². The van der Waals surface area contributed by atoms with Crippen molar-refractivity contribution in [3.05, 3.63) is 34.3 Å². The zero-order valence-corrected chi connectivity index (χ0v) is 12.6. The van der Waals surface area contributed by atoms with Gasteiger partial charge < -0.3 is 15.8 Å². The van der Waals surface area contributed by atoms with Gasteiger partial charge in [-0.3, -0.25) is 9.59 Å². The Morgan fingerprint density at radius 3 is 2.65 bits per heavy atom. The van der Waals surface area contributed by atoms with E-state index in [0.717, 1.165) is 10.0 Å². The van der Waals surface area contributed by atoms with Gasteiger partial charge in [0.2, 0.25) is 11.8 Å².